The lowest BCUT2D eigenvalue weighted by atomic mass is 10.0. The van der Waals surface area contributed by atoms with E-state index in [1.807, 2.05) is 63.2 Å². The quantitative estimate of drug-likeness (QED) is 0.252. The van der Waals surface area contributed by atoms with Crippen molar-refractivity contribution in [3.63, 3.8) is 0 Å². The Balaban J connectivity index is 1.69. The number of aryl methyl sites for hydroxylation is 2. The maximum atomic E-state index is 13.8. The fourth-order valence-electron chi connectivity index (χ4n) is 4.45. The summed E-state index contributed by atoms with van der Waals surface area (Å²) in [5, 5.41) is 11.4. The number of hydrogen-bond donors (Lipinski definition) is 1. The molecule has 2 heterocycles. The number of aromatic nitrogens is 2. The average Bonchev–Trinajstić information content (AvgIpc) is 3.34. The van der Waals surface area contributed by atoms with Gasteiger partial charge in [-0.1, -0.05) is 36.4 Å². The Morgan fingerprint density at radius 3 is 2.51 bits per heavy atom. The van der Waals surface area contributed by atoms with Crippen molar-refractivity contribution in [1.82, 2.24) is 9.78 Å². The van der Waals surface area contributed by atoms with Gasteiger partial charge in [0.15, 0.2) is 5.69 Å². The minimum Gasteiger partial charge on any atom is -0.493 e. The molecule has 5 aromatic rings. The van der Waals surface area contributed by atoms with Gasteiger partial charge in [-0.15, -0.1) is 11.3 Å². The Morgan fingerprint density at radius 2 is 1.77 bits per heavy atom. The number of thiophene rings is 1. The summed E-state index contributed by atoms with van der Waals surface area (Å²) in [4.78, 5) is 40.4. The van der Waals surface area contributed by atoms with Crippen molar-refractivity contribution in [2.24, 2.45) is 0 Å². The summed E-state index contributed by atoms with van der Waals surface area (Å²) in [7, 11) is 0. The van der Waals surface area contributed by atoms with Crippen LogP contribution in [-0.2, 0) is 4.74 Å². The lowest BCUT2D eigenvalue weighted by Crippen LogP contribution is -2.25. The summed E-state index contributed by atoms with van der Waals surface area (Å²) >= 11 is 1.15. The number of carbonyl (C=O) groups excluding carboxylic acids is 2. The summed E-state index contributed by atoms with van der Waals surface area (Å²) in [6.45, 7) is 8.00. The van der Waals surface area contributed by atoms with Gasteiger partial charge in [0.1, 0.15) is 10.8 Å². The molecule has 1 amide bonds. The van der Waals surface area contributed by atoms with Crippen LogP contribution in [0.5, 0.6) is 5.75 Å². The van der Waals surface area contributed by atoms with Gasteiger partial charge in [0.05, 0.1) is 29.9 Å². The molecule has 0 spiro atoms. The summed E-state index contributed by atoms with van der Waals surface area (Å²) in [6, 6.07) is 16.7. The van der Waals surface area contributed by atoms with Crippen LogP contribution in [0, 0.1) is 13.8 Å². The third kappa shape index (κ3) is 4.77. The highest BCUT2D eigenvalue weighted by molar-refractivity contribution is 7.16. The molecule has 0 saturated heterocycles. The second kappa shape index (κ2) is 10.7. The van der Waals surface area contributed by atoms with Gasteiger partial charge in [-0.25, -0.2) is 4.79 Å². The number of anilines is 1. The Bertz CT molecular complexity index is 1800. The predicted octanol–water partition coefficient (Wildman–Crippen LogP) is 6.04. The van der Waals surface area contributed by atoms with E-state index in [9.17, 15) is 14.4 Å². The van der Waals surface area contributed by atoms with Gasteiger partial charge in [-0.05, 0) is 67.8 Å². The minimum atomic E-state index is -0.650. The molecule has 39 heavy (non-hydrogen) atoms. The fraction of sp³-hybridized carbons (Fsp3) is 0.200. The first-order valence-corrected chi connectivity index (χ1v) is 13.5. The summed E-state index contributed by atoms with van der Waals surface area (Å²) in [6.07, 6.45) is 0. The van der Waals surface area contributed by atoms with Crippen LogP contribution in [0.25, 0.3) is 27.2 Å². The van der Waals surface area contributed by atoms with Gasteiger partial charge in [0.25, 0.3) is 11.5 Å². The maximum absolute atomic E-state index is 13.8. The normalized spacial score (nSPS) is 11.1. The zero-order valence-corrected chi connectivity index (χ0v) is 22.8. The molecular formula is C30H27N3O5S. The molecule has 198 valence electrons. The van der Waals surface area contributed by atoms with Crippen molar-refractivity contribution in [3.05, 3.63) is 92.7 Å². The molecule has 0 unspecified atom stereocenters. The van der Waals surface area contributed by atoms with Crippen molar-refractivity contribution < 1.29 is 19.1 Å². The van der Waals surface area contributed by atoms with Gasteiger partial charge >= 0.3 is 5.97 Å². The Kier molecular flexibility index (Phi) is 7.17. The maximum Gasteiger partial charge on any atom is 0.359 e. The molecule has 9 heteroatoms. The van der Waals surface area contributed by atoms with Crippen LogP contribution < -0.4 is 15.6 Å². The number of fused-ring (bicyclic) bond motifs is 2. The number of rotatable bonds is 7. The van der Waals surface area contributed by atoms with Gasteiger partial charge in [0.2, 0.25) is 0 Å². The van der Waals surface area contributed by atoms with E-state index in [0.717, 1.165) is 33.2 Å². The molecule has 8 nitrogen and oxygen atoms in total. The molecule has 0 fully saturated rings. The van der Waals surface area contributed by atoms with E-state index < -0.39 is 17.4 Å². The van der Waals surface area contributed by atoms with Crippen LogP contribution in [0.3, 0.4) is 0 Å². The molecule has 0 radical (unpaired) electrons. The molecule has 1 N–H and O–H groups in total. The van der Waals surface area contributed by atoms with E-state index in [0.29, 0.717) is 34.0 Å². The topological polar surface area (TPSA) is 99.5 Å². The number of hydrogen-bond acceptors (Lipinski definition) is 7. The molecule has 0 atom stereocenters. The monoisotopic (exact) mass is 541 g/mol. The Labute approximate surface area is 228 Å². The van der Waals surface area contributed by atoms with Crippen LogP contribution in [-0.4, -0.2) is 34.9 Å². The number of nitrogens with zero attached hydrogens (tertiary/aromatic N) is 2. The van der Waals surface area contributed by atoms with Gasteiger partial charge < -0.3 is 14.8 Å². The first-order chi connectivity index (χ1) is 18.8. The van der Waals surface area contributed by atoms with E-state index in [1.165, 1.54) is 4.68 Å². The molecule has 0 aliphatic carbocycles. The van der Waals surface area contributed by atoms with E-state index in [-0.39, 0.29) is 17.7 Å². The number of ether oxygens (including phenoxy) is 2. The lowest BCUT2D eigenvalue weighted by Gasteiger charge is -2.14. The van der Waals surface area contributed by atoms with Gasteiger partial charge in [0, 0.05) is 10.8 Å². The molecule has 0 bridgehead atoms. The predicted molar refractivity (Wildman–Crippen MR) is 154 cm³/mol. The van der Waals surface area contributed by atoms with E-state index in [4.69, 9.17) is 9.47 Å². The highest BCUT2D eigenvalue weighted by Gasteiger charge is 2.25. The summed E-state index contributed by atoms with van der Waals surface area (Å²) in [5.74, 6) is -0.634. The lowest BCUT2D eigenvalue weighted by molar-refractivity contribution is 0.0520. The first kappa shape index (κ1) is 26.1. The summed E-state index contributed by atoms with van der Waals surface area (Å²) < 4.78 is 12.2. The SMILES string of the molecule is CCOC(=O)c1nn(-c2ccc(C)c(C)c2)c(=O)c2c(NC(=O)c3c(OCC)ccc4ccccc34)scc12. The highest BCUT2D eigenvalue weighted by atomic mass is 32.1. The Hall–Kier alpha value is -4.50. The first-order valence-electron chi connectivity index (χ1n) is 12.6. The number of amides is 1. The third-order valence-electron chi connectivity index (χ3n) is 6.50. The van der Waals surface area contributed by atoms with E-state index in [1.54, 1.807) is 24.4 Å². The number of benzene rings is 3. The number of nitrogens with one attached hydrogen (secondary N) is 1. The third-order valence-corrected chi connectivity index (χ3v) is 7.40. The van der Waals surface area contributed by atoms with Gasteiger partial charge in [-0.2, -0.15) is 9.78 Å². The zero-order valence-electron chi connectivity index (χ0n) is 22.0. The second-order valence-corrected chi connectivity index (χ2v) is 9.83. The summed E-state index contributed by atoms with van der Waals surface area (Å²) in [5.41, 5.74) is 2.44. The number of carbonyl (C=O) groups is 2. The van der Waals surface area contributed by atoms with E-state index >= 15 is 0 Å². The van der Waals surface area contributed by atoms with Crippen molar-refractivity contribution >= 4 is 49.8 Å². The smallest absolute Gasteiger partial charge is 0.359 e. The van der Waals surface area contributed by atoms with Crippen LogP contribution in [0.15, 0.2) is 64.8 Å². The zero-order chi connectivity index (χ0) is 27.7. The van der Waals surface area contributed by atoms with Crippen LogP contribution >= 0.6 is 11.3 Å². The highest BCUT2D eigenvalue weighted by Crippen LogP contribution is 2.34. The fourth-order valence-corrected chi connectivity index (χ4v) is 5.38. The average molecular weight is 542 g/mol. The van der Waals surface area contributed by atoms with Crippen molar-refractivity contribution in [2.45, 2.75) is 27.7 Å². The van der Waals surface area contributed by atoms with Crippen LogP contribution in [0.1, 0.15) is 45.8 Å². The largest absolute Gasteiger partial charge is 0.493 e. The molecule has 0 aliphatic rings. The number of esters is 1. The standard InChI is InChI=1S/C30H27N3O5S/c1-5-37-23-14-12-19-9-7-8-10-21(19)24(23)27(34)31-28-25-22(16-39-28)26(30(36)38-6-2)32-33(29(25)35)20-13-11-17(3)18(4)15-20/h7-16H,5-6H2,1-4H3,(H,31,34). The van der Waals surface area contributed by atoms with Crippen molar-refractivity contribution in [1.29, 1.82) is 0 Å². The molecular weight excluding hydrogens is 514 g/mol. The minimum absolute atomic E-state index is 0.00148. The van der Waals surface area contributed by atoms with Crippen LogP contribution in [0.2, 0.25) is 0 Å². The molecule has 0 aliphatic heterocycles. The van der Waals surface area contributed by atoms with Crippen molar-refractivity contribution in [3.8, 4) is 11.4 Å². The van der Waals surface area contributed by atoms with Crippen molar-refractivity contribution in [2.75, 3.05) is 18.5 Å². The molecule has 5 rings (SSSR count). The van der Waals surface area contributed by atoms with Crippen LogP contribution in [0.4, 0.5) is 5.00 Å². The van der Waals surface area contributed by atoms with E-state index in [2.05, 4.69) is 10.4 Å². The van der Waals surface area contributed by atoms with Gasteiger partial charge in [-0.3, -0.25) is 9.59 Å². The Morgan fingerprint density at radius 1 is 0.974 bits per heavy atom. The molecule has 3 aromatic carbocycles. The second-order valence-electron chi connectivity index (χ2n) is 8.96. The molecule has 0 saturated carbocycles. The molecule has 2 aromatic heterocycles.